The van der Waals surface area contributed by atoms with Gasteiger partial charge in [0.15, 0.2) is 0 Å². The topological polar surface area (TPSA) is 38.7 Å². The molecule has 0 amide bonds. The second kappa shape index (κ2) is 8.95. The maximum atomic E-state index is 10.4. The van der Waals surface area contributed by atoms with Crippen molar-refractivity contribution in [2.45, 2.75) is 38.6 Å². The summed E-state index contributed by atoms with van der Waals surface area (Å²) in [7, 11) is 0. The molecule has 1 saturated carbocycles. The predicted octanol–water partition coefficient (Wildman–Crippen LogP) is 3.07. The second-order valence-corrected chi connectivity index (χ2v) is 6.06. The standard InChI is InChI=1S/C19H26O3/c1-3-4-5-6-7-16-14-15(2)8-9-17(16)18(20)10-11-19-21-12-13-22-19/h3-7,15-20H,1,8-9,12-14H2,2H3/b5-4+,7-6+/t15-,16-,17-,18-/m1/s1. The van der Waals surface area contributed by atoms with E-state index in [-0.39, 0.29) is 5.92 Å². The molecule has 1 heterocycles. The van der Waals surface area contributed by atoms with Crippen molar-refractivity contribution in [3.05, 3.63) is 37.0 Å². The van der Waals surface area contributed by atoms with Crippen LogP contribution in [0.15, 0.2) is 37.0 Å². The lowest BCUT2D eigenvalue weighted by atomic mass is 9.72. The Bertz CT molecular complexity index is 463. The number of hydrogen-bond acceptors (Lipinski definition) is 3. The summed E-state index contributed by atoms with van der Waals surface area (Å²) in [5.41, 5.74) is 0. The molecule has 1 N–H and O–H groups in total. The van der Waals surface area contributed by atoms with Gasteiger partial charge >= 0.3 is 0 Å². The molecule has 2 fully saturated rings. The van der Waals surface area contributed by atoms with Crippen molar-refractivity contribution in [2.75, 3.05) is 13.2 Å². The molecule has 1 aliphatic heterocycles. The molecule has 3 nitrogen and oxygen atoms in total. The maximum Gasteiger partial charge on any atom is 0.222 e. The molecule has 0 radical (unpaired) electrons. The molecular weight excluding hydrogens is 276 g/mol. The summed E-state index contributed by atoms with van der Waals surface area (Å²) >= 11 is 0. The maximum absolute atomic E-state index is 10.4. The first-order chi connectivity index (χ1) is 10.7. The smallest absolute Gasteiger partial charge is 0.222 e. The van der Waals surface area contributed by atoms with E-state index >= 15 is 0 Å². The Balaban J connectivity index is 1.99. The van der Waals surface area contributed by atoms with Crippen LogP contribution in [-0.4, -0.2) is 30.7 Å². The highest BCUT2D eigenvalue weighted by Crippen LogP contribution is 2.36. The van der Waals surface area contributed by atoms with Gasteiger partial charge in [0.25, 0.3) is 0 Å². The predicted molar refractivity (Wildman–Crippen MR) is 87.9 cm³/mol. The average molecular weight is 302 g/mol. The van der Waals surface area contributed by atoms with Crippen LogP contribution >= 0.6 is 0 Å². The molecule has 0 spiro atoms. The van der Waals surface area contributed by atoms with Gasteiger partial charge in [0.2, 0.25) is 6.29 Å². The molecule has 1 aliphatic carbocycles. The van der Waals surface area contributed by atoms with Gasteiger partial charge in [-0.3, -0.25) is 0 Å². The van der Waals surface area contributed by atoms with Gasteiger partial charge in [0, 0.05) is 5.92 Å². The molecule has 22 heavy (non-hydrogen) atoms. The summed E-state index contributed by atoms with van der Waals surface area (Å²) in [6, 6.07) is 0. The lowest BCUT2D eigenvalue weighted by Crippen LogP contribution is -2.31. The molecule has 0 aromatic heterocycles. The second-order valence-electron chi connectivity index (χ2n) is 6.06. The van der Waals surface area contributed by atoms with E-state index in [1.807, 2.05) is 18.2 Å². The van der Waals surface area contributed by atoms with Crippen molar-refractivity contribution in [1.29, 1.82) is 0 Å². The van der Waals surface area contributed by atoms with Crippen LogP contribution in [0.2, 0.25) is 0 Å². The largest absolute Gasteiger partial charge is 0.380 e. The van der Waals surface area contributed by atoms with E-state index in [0.29, 0.717) is 25.0 Å². The van der Waals surface area contributed by atoms with E-state index in [1.54, 1.807) is 6.08 Å². The first-order valence-corrected chi connectivity index (χ1v) is 8.09. The minimum atomic E-state index is -0.627. The Morgan fingerprint density at radius 2 is 1.95 bits per heavy atom. The number of rotatable bonds is 4. The third-order valence-corrected chi connectivity index (χ3v) is 4.31. The molecule has 2 aliphatic rings. The van der Waals surface area contributed by atoms with Gasteiger partial charge in [-0.05, 0) is 30.6 Å². The molecular formula is C19H26O3. The zero-order valence-electron chi connectivity index (χ0n) is 13.3. The lowest BCUT2D eigenvalue weighted by molar-refractivity contribution is 0.00568. The molecule has 0 aromatic carbocycles. The van der Waals surface area contributed by atoms with Gasteiger partial charge in [-0.25, -0.2) is 0 Å². The highest BCUT2D eigenvalue weighted by molar-refractivity contribution is 5.14. The zero-order chi connectivity index (χ0) is 15.8. The van der Waals surface area contributed by atoms with Crippen LogP contribution in [0.1, 0.15) is 26.2 Å². The highest BCUT2D eigenvalue weighted by Gasteiger charge is 2.31. The van der Waals surface area contributed by atoms with Gasteiger partial charge < -0.3 is 14.6 Å². The quantitative estimate of drug-likeness (QED) is 0.641. The van der Waals surface area contributed by atoms with E-state index in [2.05, 4.69) is 31.4 Å². The first kappa shape index (κ1) is 17.0. The van der Waals surface area contributed by atoms with E-state index in [0.717, 1.165) is 19.3 Å². The molecule has 0 bridgehead atoms. The SMILES string of the molecule is C=C/C=C/C=C/[C@@H]1C[C@H](C)CC[C@H]1[C@H](O)C#CC1OCCO1. The summed E-state index contributed by atoms with van der Waals surface area (Å²) in [5, 5.41) is 10.4. The van der Waals surface area contributed by atoms with Crippen LogP contribution in [0.25, 0.3) is 0 Å². The van der Waals surface area contributed by atoms with Gasteiger partial charge in [-0.1, -0.05) is 56.2 Å². The summed E-state index contributed by atoms with van der Waals surface area (Å²) in [4.78, 5) is 0. The molecule has 1 saturated heterocycles. The highest BCUT2D eigenvalue weighted by atomic mass is 16.7. The molecule has 120 valence electrons. The van der Waals surface area contributed by atoms with Crippen LogP contribution in [0.4, 0.5) is 0 Å². The van der Waals surface area contributed by atoms with Crippen molar-refractivity contribution < 1.29 is 14.6 Å². The fraction of sp³-hybridized carbons (Fsp3) is 0.579. The molecule has 4 atom stereocenters. The molecule has 3 heteroatoms. The van der Waals surface area contributed by atoms with Crippen molar-refractivity contribution >= 4 is 0 Å². The number of hydrogen-bond donors (Lipinski definition) is 1. The molecule has 0 aromatic rings. The van der Waals surface area contributed by atoms with Crippen LogP contribution in [-0.2, 0) is 9.47 Å². The number of allylic oxidation sites excluding steroid dienone is 5. The van der Waals surface area contributed by atoms with Crippen LogP contribution in [0.5, 0.6) is 0 Å². The average Bonchev–Trinajstić information content (AvgIpc) is 3.03. The van der Waals surface area contributed by atoms with E-state index in [4.69, 9.17) is 9.47 Å². The Kier molecular flexibility index (Phi) is 6.92. The van der Waals surface area contributed by atoms with E-state index < -0.39 is 12.4 Å². The Morgan fingerprint density at radius 3 is 2.68 bits per heavy atom. The Hall–Kier alpha value is -1.34. The van der Waals surface area contributed by atoms with Crippen molar-refractivity contribution in [3.63, 3.8) is 0 Å². The summed E-state index contributed by atoms with van der Waals surface area (Å²) in [6.45, 7) is 7.09. The third kappa shape index (κ3) is 5.14. The third-order valence-electron chi connectivity index (χ3n) is 4.31. The summed E-state index contributed by atoms with van der Waals surface area (Å²) < 4.78 is 10.6. The van der Waals surface area contributed by atoms with Crippen molar-refractivity contribution in [3.8, 4) is 11.8 Å². The first-order valence-electron chi connectivity index (χ1n) is 8.09. The fourth-order valence-electron chi connectivity index (χ4n) is 3.11. The summed E-state index contributed by atoms with van der Waals surface area (Å²) in [5.74, 6) is 7.04. The lowest BCUT2D eigenvalue weighted by Gasteiger charge is -2.34. The van der Waals surface area contributed by atoms with Crippen LogP contribution in [0.3, 0.4) is 0 Å². The Labute approximate surface area is 133 Å². The van der Waals surface area contributed by atoms with E-state index in [9.17, 15) is 5.11 Å². The number of aliphatic hydroxyl groups is 1. The number of aliphatic hydroxyl groups excluding tert-OH is 1. The minimum absolute atomic E-state index is 0.179. The van der Waals surface area contributed by atoms with Gasteiger partial charge in [0.05, 0.1) is 13.2 Å². The molecule has 0 unspecified atom stereocenters. The van der Waals surface area contributed by atoms with Gasteiger partial charge in [-0.15, -0.1) is 0 Å². The monoisotopic (exact) mass is 302 g/mol. The van der Waals surface area contributed by atoms with Crippen molar-refractivity contribution in [2.24, 2.45) is 17.8 Å². The van der Waals surface area contributed by atoms with E-state index in [1.165, 1.54) is 0 Å². The zero-order valence-corrected chi connectivity index (χ0v) is 13.3. The van der Waals surface area contributed by atoms with Gasteiger partial charge in [-0.2, -0.15) is 0 Å². The van der Waals surface area contributed by atoms with Crippen LogP contribution in [0, 0.1) is 29.6 Å². The normalized spacial score (nSPS) is 31.3. The Morgan fingerprint density at radius 1 is 1.18 bits per heavy atom. The van der Waals surface area contributed by atoms with Gasteiger partial charge in [0.1, 0.15) is 6.10 Å². The van der Waals surface area contributed by atoms with Crippen LogP contribution < -0.4 is 0 Å². The molecule has 2 rings (SSSR count). The summed E-state index contributed by atoms with van der Waals surface area (Å²) in [6.07, 6.45) is 12.0. The number of ether oxygens (including phenoxy) is 2. The minimum Gasteiger partial charge on any atom is -0.380 e. The van der Waals surface area contributed by atoms with Crippen molar-refractivity contribution in [1.82, 2.24) is 0 Å². The fourth-order valence-corrected chi connectivity index (χ4v) is 3.11.